The van der Waals surface area contributed by atoms with Crippen LogP contribution in [0, 0.1) is 0 Å². The van der Waals surface area contributed by atoms with E-state index < -0.39 is 0 Å². The molecule has 1 atom stereocenters. The molecule has 18 heavy (non-hydrogen) atoms. The number of anilines is 1. The van der Waals surface area contributed by atoms with Crippen LogP contribution < -0.4 is 5.32 Å². The highest BCUT2D eigenvalue weighted by Crippen LogP contribution is 2.27. The molecule has 0 aliphatic carbocycles. The Balaban J connectivity index is 2.11. The van der Waals surface area contributed by atoms with E-state index >= 15 is 0 Å². The fourth-order valence-corrected chi connectivity index (χ4v) is 2.49. The first-order valence-corrected chi connectivity index (χ1v) is 7.11. The van der Waals surface area contributed by atoms with Gasteiger partial charge in [0.25, 0.3) is 0 Å². The fourth-order valence-electron chi connectivity index (χ4n) is 1.85. The van der Waals surface area contributed by atoms with Crippen molar-refractivity contribution in [1.82, 2.24) is 0 Å². The van der Waals surface area contributed by atoms with Crippen molar-refractivity contribution in [3.05, 3.63) is 64.1 Å². The third-order valence-corrected chi connectivity index (χ3v) is 3.49. The van der Waals surface area contributed by atoms with Crippen LogP contribution in [-0.2, 0) is 6.54 Å². The van der Waals surface area contributed by atoms with E-state index in [0.29, 0.717) is 0 Å². The van der Waals surface area contributed by atoms with Crippen LogP contribution in [-0.4, -0.2) is 0 Å². The summed E-state index contributed by atoms with van der Waals surface area (Å²) in [5.74, 6) is 0. The molecule has 1 N–H and O–H groups in total. The molecular weight excluding hydrogens is 310 g/mol. The second-order valence-electron chi connectivity index (χ2n) is 4.19. The van der Waals surface area contributed by atoms with Crippen LogP contribution in [0.25, 0.3) is 0 Å². The van der Waals surface area contributed by atoms with E-state index in [4.69, 9.17) is 11.6 Å². The van der Waals surface area contributed by atoms with Crippen LogP contribution in [0.2, 0.25) is 0 Å². The zero-order chi connectivity index (χ0) is 13.0. The second-order valence-corrected chi connectivity index (χ2v) is 5.76. The fraction of sp³-hybridized carbons (Fsp3) is 0.200. The summed E-state index contributed by atoms with van der Waals surface area (Å²) in [6.07, 6.45) is 0. The maximum absolute atomic E-state index is 6.17. The third-order valence-electron chi connectivity index (χ3n) is 2.76. The molecule has 0 saturated carbocycles. The van der Waals surface area contributed by atoms with Crippen LogP contribution in [0.4, 0.5) is 5.69 Å². The Morgan fingerprint density at radius 2 is 1.94 bits per heavy atom. The molecule has 0 amide bonds. The van der Waals surface area contributed by atoms with E-state index in [1.807, 2.05) is 31.2 Å². The van der Waals surface area contributed by atoms with Gasteiger partial charge < -0.3 is 5.32 Å². The Kier molecular flexibility index (Phi) is 4.67. The van der Waals surface area contributed by atoms with Gasteiger partial charge in [-0.2, -0.15) is 0 Å². The Labute approximate surface area is 121 Å². The van der Waals surface area contributed by atoms with Crippen molar-refractivity contribution >= 4 is 33.2 Å². The van der Waals surface area contributed by atoms with Crippen LogP contribution >= 0.6 is 27.5 Å². The van der Waals surface area contributed by atoms with Gasteiger partial charge >= 0.3 is 0 Å². The van der Waals surface area contributed by atoms with E-state index in [2.05, 4.69) is 45.5 Å². The normalized spacial score (nSPS) is 12.2. The molecule has 2 rings (SSSR count). The second kappa shape index (κ2) is 6.26. The molecule has 94 valence electrons. The van der Waals surface area contributed by atoms with Crippen molar-refractivity contribution in [2.24, 2.45) is 0 Å². The number of halogens is 2. The highest BCUT2D eigenvalue weighted by molar-refractivity contribution is 9.10. The lowest BCUT2D eigenvalue weighted by molar-refractivity contribution is 1.06. The molecule has 0 radical (unpaired) electrons. The standard InChI is InChI=1S/C15H15BrClN/c1-11(17)14-7-2-3-8-15(14)18-10-12-5-4-6-13(16)9-12/h2-9,11,18H,10H2,1H3. The smallest absolute Gasteiger partial charge is 0.0577 e. The average Bonchev–Trinajstić information content (AvgIpc) is 2.37. The van der Waals surface area contributed by atoms with Gasteiger partial charge in [-0.1, -0.05) is 46.3 Å². The first-order valence-electron chi connectivity index (χ1n) is 5.88. The molecule has 0 aliphatic heterocycles. The lowest BCUT2D eigenvalue weighted by Crippen LogP contribution is -2.02. The van der Waals surface area contributed by atoms with Gasteiger partial charge in [-0.25, -0.2) is 0 Å². The van der Waals surface area contributed by atoms with E-state index in [0.717, 1.165) is 22.3 Å². The Morgan fingerprint density at radius 1 is 1.17 bits per heavy atom. The van der Waals surface area contributed by atoms with Gasteiger partial charge in [0, 0.05) is 16.7 Å². The molecule has 0 spiro atoms. The summed E-state index contributed by atoms with van der Waals surface area (Å²) in [4.78, 5) is 0. The minimum absolute atomic E-state index is 0.0104. The molecule has 2 aromatic carbocycles. The third kappa shape index (κ3) is 3.50. The molecule has 0 fully saturated rings. The van der Waals surface area contributed by atoms with E-state index in [-0.39, 0.29) is 5.38 Å². The number of alkyl halides is 1. The quantitative estimate of drug-likeness (QED) is 0.746. The van der Waals surface area contributed by atoms with E-state index in [1.54, 1.807) is 0 Å². The first kappa shape index (κ1) is 13.4. The summed E-state index contributed by atoms with van der Waals surface area (Å²) in [5, 5.41) is 3.44. The average molecular weight is 325 g/mol. The number of rotatable bonds is 4. The Morgan fingerprint density at radius 3 is 2.67 bits per heavy atom. The summed E-state index contributed by atoms with van der Waals surface area (Å²) >= 11 is 9.64. The van der Waals surface area contributed by atoms with E-state index in [9.17, 15) is 0 Å². The van der Waals surface area contributed by atoms with Crippen molar-refractivity contribution in [3.63, 3.8) is 0 Å². The largest absolute Gasteiger partial charge is 0.381 e. The summed E-state index contributed by atoms with van der Waals surface area (Å²) < 4.78 is 1.10. The molecular formula is C15H15BrClN. The molecule has 3 heteroatoms. The first-order chi connectivity index (χ1) is 8.66. The SMILES string of the molecule is CC(Cl)c1ccccc1NCc1cccc(Br)c1. The highest BCUT2D eigenvalue weighted by atomic mass is 79.9. The van der Waals surface area contributed by atoms with E-state index in [1.165, 1.54) is 5.56 Å². The van der Waals surface area contributed by atoms with Crippen LogP contribution in [0.1, 0.15) is 23.4 Å². The highest BCUT2D eigenvalue weighted by Gasteiger charge is 2.06. The predicted molar refractivity (Wildman–Crippen MR) is 82.2 cm³/mol. The van der Waals surface area contributed by atoms with Crippen molar-refractivity contribution in [3.8, 4) is 0 Å². The maximum Gasteiger partial charge on any atom is 0.0577 e. The van der Waals surface area contributed by atoms with Gasteiger partial charge in [0.2, 0.25) is 0 Å². The van der Waals surface area contributed by atoms with Crippen molar-refractivity contribution in [2.45, 2.75) is 18.8 Å². The zero-order valence-electron chi connectivity index (χ0n) is 10.2. The number of nitrogens with one attached hydrogen (secondary N) is 1. The van der Waals surface area contributed by atoms with Crippen molar-refractivity contribution in [1.29, 1.82) is 0 Å². The van der Waals surface area contributed by atoms with Gasteiger partial charge in [-0.3, -0.25) is 0 Å². The molecule has 0 aromatic heterocycles. The Hall–Kier alpha value is -0.990. The molecule has 0 aliphatic rings. The summed E-state index contributed by atoms with van der Waals surface area (Å²) in [6, 6.07) is 16.4. The van der Waals surface area contributed by atoms with Gasteiger partial charge in [0.1, 0.15) is 0 Å². The lowest BCUT2D eigenvalue weighted by atomic mass is 10.1. The molecule has 1 nitrogen and oxygen atoms in total. The zero-order valence-corrected chi connectivity index (χ0v) is 12.5. The number of para-hydroxylation sites is 1. The topological polar surface area (TPSA) is 12.0 Å². The lowest BCUT2D eigenvalue weighted by Gasteiger charge is -2.13. The van der Waals surface area contributed by atoms with Crippen molar-refractivity contribution < 1.29 is 0 Å². The molecule has 1 unspecified atom stereocenters. The predicted octanol–water partition coefficient (Wildman–Crippen LogP) is 5.36. The summed E-state index contributed by atoms with van der Waals surface area (Å²) in [5.41, 5.74) is 3.47. The molecule has 0 heterocycles. The molecule has 0 saturated heterocycles. The van der Waals surface area contributed by atoms with Gasteiger partial charge in [0.05, 0.1) is 5.38 Å². The molecule has 0 bridgehead atoms. The van der Waals surface area contributed by atoms with Gasteiger partial charge in [-0.15, -0.1) is 11.6 Å². The van der Waals surface area contributed by atoms with Crippen LogP contribution in [0.15, 0.2) is 53.0 Å². The number of hydrogen-bond donors (Lipinski definition) is 1. The van der Waals surface area contributed by atoms with Gasteiger partial charge in [0.15, 0.2) is 0 Å². The molecule has 2 aromatic rings. The number of hydrogen-bond acceptors (Lipinski definition) is 1. The monoisotopic (exact) mass is 323 g/mol. The Bertz CT molecular complexity index is 525. The van der Waals surface area contributed by atoms with Crippen LogP contribution in [0.5, 0.6) is 0 Å². The van der Waals surface area contributed by atoms with Crippen molar-refractivity contribution in [2.75, 3.05) is 5.32 Å². The van der Waals surface area contributed by atoms with Crippen LogP contribution in [0.3, 0.4) is 0 Å². The van der Waals surface area contributed by atoms with Gasteiger partial charge in [-0.05, 0) is 36.2 Å². The minimum Gasteiger partial charge on any atom is -0.381 e. The number of benzene rings is 2. The minimum atomic E-state index is 0.0104. The summed E-state index contributed by atoms with van der Waals surface area (Å²) in [6.45, 7) is 2.78. The summed E-state index contributed by atoms with van der Waals surface area (Å²) in [7, 11) is 0. The maximum atomic E-state index is 6.17.